The Labute approximate surface area is 116 Å². The molecule has 5 nitrogen and oxygen atoms in total. The van der Waals surface area contributed by atoms with Crippen molar-refractivity contribution in [1.82, 2.24) is 15.0 Å². The molecule has 3 rings (SSSR count). The summed E-state index contributed by atoms with van der Waals surface area (Å²) in [7, 11) is 1.64. The predicted octanol–water partition coefficient (Wildman–Crippen LogP) is 2.57. The highest BCUT2D eigenvalue weighted by Crippen LogP contribution is 2.41. The summed E-state index contributed by atoms with van der Waals surface area (Å²) < 4.78 is 5.02. The lowest BCUT2D eigenvalue weighted by Gasteiger charge is -2.04. The summed E-state index contributed by atoms with van der Waals surface area (Å²) in [6, 6.07) is 1.86. The van der Waals surface area contributed by atoms with Crippen LogP contribution in [0.15, 0.2) is 18.5 Å². The van der Waals surface area contributed by atoms with E-state index < -0.39 is 0 Å². The number of hydrogen-bond acceptors (Lipinski definition) is 6. The molecule has 0 unspecified atom stereocenters. The van der Waals surface area contributed by atoms with Crippen molar-refractivity contribution in [3.63, 3.8) is 0 Å². The average Bonchev–Trinajstić information content (AvgIpc) is 3.17. The van der Waals surface area contributed by atoms with E-state index in [-0.39, 0.29) is 0 Å². The predicted molar refractivity (Wildman–Crippen MR) is 74.2 cm³/mol. The van der Waals surface area contributed by atoms with Crippen molar-refractivity contribution in [2.45, 2.75) is 31.9 Å². The van der Waals surface area contributed by atoms with Gasteiger partial charge in [0.1, 0.15) is 12.4 Å². The fourth-order valence-electron chi connectivity index (χ4n) is 1.80. The molecule has 6 heteroatoms. The van der Waals surface area contributed by atoms with E-state index >= 15 is 0 Å². The van der Waals surface area contributed by atoms with Gasteiger partial charge in [-0.3, -0.25) is 0 Å². The summed E-state index contributed by atoms with van der Waals surface area (Å²) in [5.74, 6) is 2.24. The molecule has 0 spiro atoms. The first-order chi connectivity index (χ1) is 9.35. The van der Waals surface area contributed by atoms with Crippen molar-refractivity contribution in [1.29, 1.82) is 0 Å². The molecule has 0 aromatic carbocycles. The van der Waals surface area contributed by atoms with Crippen molar-refractivity contribution in [3.05, 3.63) is 34.2 Å². The first-order valence-corrected chi connectivity index (χ1v) is 7.16. The monoisotopic (exact) mass is 276 g/mol. The standard InChI is InChI=1S/C13H16N4OS/c1-18-8-12-14-5-4-11(17-12)15-6-10-7-16-13(19-10)9-2-3-9/h4-5,7,9H,2-3,6,8H2,1H3,(H,14,15,17). The Morgan fingerprint density at radius 1 is 1.42 bits per heavy atom. The number of thiazole rings is 1. The van der Waals surface area contributed by atoms with E-state index in [0.29, 0.717) is 12.4 Å². The Bertz CT molecular complexity index is 553. The molecule has 0 atom stereocenters. The van der Waals surface area contributed by atoms with E-state index in [2.05, 4.69) is 20.3 Å². The van der Waals surface area contributed by atoms with E-state index in [9.17, 15) is 0 Å². The van der Waals surface area contributed by atoms with Gasteiger partial charge in [-0.2, -0.15) is 0 Å². The normalized spacial score (nSPS) is 14.6. The van der Waals surface area contributed by atoms with Crippen molar-refractivity contribution < 1.29 is 4.74 Å². The molecular weight excluding hydrogens is 260 g/mol. The molecule has 1 saturated carbocycles. The van der Waals surface area contributed by atoms with Gasteiger partial charge in [-0.15, -0.1) is 11.3 Å². The molecule has 1 N–H and O–H groups in total. The van der Waals surface area contributed by atoms with Crippen molar-refractivity contribution in [2.75, 3.05) is 12.4 Å². The first-order valence-electron chi connectivity index (χ1n) is 6.34. The van der Waals surface area contributed by atoms with Gasteiger partial charge in [0, 0.05) is 30.3 Å². The topological polar surface area (TPSA) is 59.9 Å². The van der Waals surface area contributed by atoms with Gasteiger partial charge in [-0.1, -0.05) is 0 Å². The average molecular weight is 276 g/mol. The van der Waals surface area contributed by atoms with Crippen LogP contribution in [0.25, 0.3) is 0 Å². The second kappa shape index (κ2) is 5.63. The van der Waals surface area contributed by atoms with E-state index in [1.807, 2.05) is 12.3 Å². The smallest absolute Gasteiger partial charge is 0.156 e. The molecule has 0 aliphatic heterocycles. The third-order valence-electron chi connectivity index (χ3n) is 2.92. The molecule has 0 bridgehead atoms. The van der Waals surface area contributed by atoms with E-state index in [0.717, 1.165) is 18.3 Å². The number of aromatic nitrogens is 3. The van der Waals surface area contributed by atoms with Gasteiger partial charge in [0.25, 0.3) is 0 Å². The van der Waals surface area contributed by atoms with Gasteiger partial charge in [0.15, 0.2) is 5.82 Å². The summed E-state index contributed by atoms with van der Waals surface area (Å²) >= 11 is 1.80. The number of anilines is 1. The highest BCUT2D eigenvalue weighted by molar-refractivity contribution is 7.11. The second-order valence-electron chi connectivity index (χ2n) is 4.58. The Kier molecular flexibility index (Phi) is 3.70. The zero-order valence-corrected chi connectivity index (χ0v) is 11.6. The minimum Gasteiger partial charge on any atom is -0.377 e. The fourth-order valence-corrected chi connectivity index (χ4v) is 2.82. The molecule has 19 heavy (non-hydrogen) atoms. The van der Waals surface area contributed by atoms with Crippen LogP contribution >= 0.6 is 11.3 Å². The minimum atomic E-state index is 0.432. The van der Waals surface area contributed by atoms with Crippen molar-refractivity contribution in [3.8, 4) is 0 Å². The maximum absolute atomic E-state index is 5.02. The van der Waals surface area contributed by atoms with Crippen LogP contribution in [0.2, 0.25) is 0 Å². The van der Waals surface area contributed by atoms with Crippen molar-refractivity contribution >= 4 is 17.2 Å². The van der Waals surface area contributed by atoms with E-state index in [1.54, 1.807) is 24.6 Å². The van der Waals surface area contributed by atoms with Crippen LogP contribution < -0.4 is 5.32 Å². The third-order valence-corrected chi connectivity index (χ3v) is 4.08. The number of ether oxygens (including phenoxy) is 1. The van der Waals surface area contributed by atoms with Gasteiger partial charge in [0.05, 0.1) is 11.6 Å². The molecule has 0 amide bonds. The van der Waals surface area contributed by atoms with Crippen LogP contribution in [0.4, 0.5) is 5.82 Å². The highest BCUT2D eigenvalue weighted by Gasteiger charge is 2.26. The third kappa shape index (κ3) is 3.27. The van der Waals surface area contributed by atoms with Gasteiger partial charge in [-0.25, -0.2) is 15.0 Å². The molecule has 0 radical (unpaired) electrons. The zero-order valence-electron chi connectivity index (χ0n) is 10.8. The van der Waals surface area contributed by atoms with Gasteiger partial charge >= 0.3 is 0 Å². The molecule has 1 aliphatic carbocycles. The largest absolute Gasteiger partial charge is 0.377 e. The van der Waals surface area contributed by atoms with Crippen LogP contribution in [0.1, 0.15) is 34.5 Å². The SMILES string of the molecule is COCc1nccc(NCc2cnc(C3CC3)s2)n1. The lowest BCUT2D eigenvalue weighted by Crippen LogP contribution is -2.03. The lowest BCUT2D eigenvalue weighted by molar-refractivity contribution is 0.178. The highest BCUT2D eigenvalue weighted by atomic mass is 32.1. The number of nitrogens with one attached hydrogen (secondary N) is 1. The molecular formula is C13H16N4OS. The maximum Gasteiger partial charge on any atom is 0.156 e. The molecule has 1 aliphatic rings. The molecule has 2 heterocycles. The Morgan fingerprint density at radius 3 is 3.11 bits per heavy atom. The van der Waals surface area contributed by atoms with E-state index in [1.165, 1.54) is 22.7 Å². The Balaban J connectivity index is 1.59. The lowest BCUT2D eigenvalue weighted by atomic mass is 10.4. The summed E-state index contributed by atoms with van der Waals surface area (Å²) in [4.78, 5) is 14.2. The van der Waals surface area contributed by atoms with Crippen LogP contribution in [0.3, 0.4) is 0 Å². The first kappa shape index (κ1) is 12.5. The quantitative estimate of drug-likeness (QED) is 0.878. The van der Waals surface area contributed by atoms with Crippen LogP contribution in [0, 0.1) is 0 Å². The van der Waals surface area contributed by atoms with Crippen LogP contribution in [-0.4, -0.2) is 22.1 Å². The zero-order chi connectivity index (χ0) is 13.1. The summed E-state index contributed by atoms with van der Waals surface area (Å²) in [5, 5.41) is 4.57. The van der Waals surface area contributed by atoms with Crippen LogP contribution in [0.5, 0.6) is 0 Å². The second-order valence-corrected chi connectivity index (χ2v) is 5.73. The number of nitrogens with zero attached hydrogens (tertiary/aromatic N) is 3. The maximum atomic E-state index is 5.02. The molecule has 0 saturated heterocycles. The molecule has 2 aromatic rings. The Morgan fingerprint density at radius 2 is 2.32 bits per heavy atom. The fraction of sp³-hybridized carbons (Fsp3) is 0.462. The molecule has 100 valence electrons. The summed E-state index contributed by atoms with van der Waals surface area (Å²) in [6.07, 6.45) is 6.30. The number of rotatable bonds is 6. The summed E-state index contributed by atoms with van der Waals surface area (Å²) in [5.41, 5.74) is 0. The van der Waals surface area contributed by atoms with Gasteiger partial charge in [0.2, 0.25) is 0 Å². The minimum absolute atomic E-state index is 0.432. The van der Waals surface area contributed by atoms with Crippen molar-refractivity contribution in [2.24, 2.45) is 0 Å². The van der Waals surface area contributed by atoms with Gasteiger partial charge in [-0.05, 0) is 18.9 Å². The number of hydrogen-bond donors (Lipinski definition) is 1. The molecule has 2 aromatic heterocycles. The number of methoxy groups -OCH3 is 1. The van der Waals surface area contributed by atoms with Gasteiger partial charge < -0.3 is 10.1 Å². The molecule has 1 fully saturated rings. The van der Waals surface area contributed by atoms with Crippen LogP contribution in [-0.2, 0) is 17.9 Å². The Hall–Kier alpha value is -1.53. The van der Waals surface area contributed by atoms with E-state index in [4.69, 9.17) is 4.74 Å². The summed E-state index contributed by atoms with van der Waals surface area (Å²) in [6.45, 7) is 1.19.